The summed E-state index contributed by atoms with van der Waals surface area (Å²) in [5.41, 5.74) is 0.211. The van der Waals surface area contributed by atoms with Crippen molar-refractivity contribution in [2.24, 2.45) is 0 Å². The van der Waals surface area contributed by atoms with Gasteiger partial charge in [0.2, 0.25) is 0 Å². The Balaban J connectivity index is 1.94. The van der Waals surface area contributed by atoms with Crippen molar-refractivity contribution in [3.05, 3.63) is 109 Å². The van der Waals surface area contributed by atoms with E-state index >= 15 is 0 Å². The van der Waals surface area contributed by atoms with Crippen molar-refractivity contribution in [2.75, 3.05) is 0 Å². The first-order valence-electron chi connectivity index (χ1n) is 13.2. The Morgan fingerprint density at radius 3 is 1.27 bits per heavy atom. The summed E-state index contributed by atoms with van der Waals surface area (Å²) in [7, 11) is -6.95. The SMILES string of the molecule is Cc1ccc(S(=O)(=O)OS(c2ccccc2)(c2ccc(OC(C)(C)C)cc2)c2ccc(OC(C)(C)C)cc2)cc1. The predicted octanol–water partition coefficient (Wildman–Crippen LogP) is 8.95. The normalized spacial score (nSPS) is 13.1. The first-order chi connectivity index (χ1) is 18.7. The fourth-order valence-corrected chi connectivity index (χ4v) is 9.32. The third kappa shape index (κ3) is 7.08. The van der Waals surface area contributed by atoms with Gasteiger partial charge in [0.05, 0.1) is 4.90 Å². The van der Waals surface area contributed by atoms with Crippen LogP contribution >= 0.6 is 10.3 Å². The molecule has 0 amide bonds. The maximum atomic E-state index is 13.9. The number of rotatable bonds is 8. The molecule has 0 aliphatic rings. The minimum atomic E-state index is -4.18. The maximum absolute atomic E-state index is 13.9. The van der Waals surface area contributed by atoms with Gasteiger partial charge in [-0.05, 0) is 132 Å². The molecule has 0 aliphatic heterocycles. The summed E-state index contributed by atoms with van der Waals surface area (Å²) in [5, 5.41) is 0. The summed E-state index contributed by atoms with van der Waals surface area (Å²) >= 11 is 0. The number of ether oxygens (including phenoxy) is 2. The van der Waals surface area contributed by atoms with Crippen LogP contribution in [-0.2, 0) is 13.7 Å². The minimum Gasteiger partial charge on any atom is -0.488 e. The van der Waals surface area contributed by atoms with Gasteiger partial charge in [-0.15, -0.1) is 0 Å². The average molecular weight is 579 g/mol. The average Bonchev–Trinajstić information content (AvgIpc) is 2.87. The monoisotopic (exact) mass is 578 g/mol. The van der Waals surface area contributed by atoms with E-state index in [0.29, 0.717) is 11.5 Å². The molecule has 7 heteroatoms. The van der Waals surface area contributed by atoms with Crippen molar-refractivity contribution in [1.29, 1.82) is 0 Å². The van der Waals surface area contributed by atoms with Gasteiger partial charge in [-0.1, -0.05) is 35.9 Å². The Morgan fingerprint density at radius 2 is 0.875 bits per heavy atom. The summed E-state index contributed by atoms with van der Waals surface area (Å²) in [6.07, 6.45) is 0. The van der Waals surface area contributed by atoms with Gasteiger partial charge < -0.3 is 9.47 Å². The molecule has 0 saturated carbocycles. The Morgan fingerprint density at radius 1 is 0.500 bits per heavy atom. The molecule has 0 aliphatic carbocycles. The number of hydrogen-bond donors (Lipinski definition) is 0. The zero-order valence-electron chi connectivity index (χ0n) is 24.2. The summed E-state index contributed by atoms with van der Waals surface area (Å²) in [6.45, 7) is 13.8. The van der Waals surface area contributed by atoms with Crippen molar-refractivity contribution in [2.45, 2.75) is 79.3 Å². The van der Waals surface area contributed by atoms with E-state index in [9.17, 15) is 8.42 Å². The molecule has 4 aromatic carbocycles. The molecule has 0 atom stereocenters. The molecule has 0 radical (unpaired) electrons. The smallest absolute Gasteiger partial charge is 0.307 e. The van der Waals surface area contributed by atoms with Gasteiger partial charge in [-0.25, -0.2) is 3.63 Å². The molecule has 212 valence electrons. The van der Waals surface area contributed by atoms with Crippen molar-refractivity contribution in [3.63, 3.8) is 0 Å². The first kappa shape index (κ1) is 29.7. The van der Waals surface area contributed by atoms with Crippen molar-refractivity contribution in [1.82, 2.24) is 0 Å². The van der Waals surface area contributed by atoms with Crippen LogP contribution in [0.3, 0.4) is 0 Å². The minimum absolute atomic E-state index is 0.103. The van der Waals surface area contributed by atoms with E-state index in [1.807, 2.05) is 127 Å². The van der Waals surface area contributed by atoms with Crippen molar-refractivity contribution < 1.29 is 21.5 Å². The molecule has 0 spiro atoms. The van der Waals surface area contributed by atoms with E-state index in [1.54, 1.807) is 24.3 Å². The summed E-state index contributed by atoms with van der Waals surface area (Å²) < 4.78 is 46.5. The number of benzene rings is 4. The fourth-order valence-electron chi connectivity index (χ4n) is 4.12. The fraction of sp³-hybridized carbons (Fsp3) is 0.273. The van der Waals surface area contributed by atoms with E-state index in [-0.39, 0.29) is 16.1 Å². The van der Waals surface area contributed by atoms with Crippen LogP contribution in [-0.4, -0.2) is 19.6 Å². The van der Waals surface area contributed by atoms with Gasteiger partial charge in [0, 0.05) is 14.7 Å². The van der Waals surface area contributed by atoms with Gasteiger partial charge in [-0.2, -0.15) is 8.42 Å². The molecular weight excluding hydrogens is 540 g/mol. The van der Waals surface area contributed by atoms with Gasteiger partial charge >= 0.3 is 10.1 Å². The standard InChI is InChI=1S/C33H38O5S2/c1-25-13-19-31(20-14-25)40(34,35)38-39(28-11-9-8-10-12-28,29-21-15-26(16-22-29)36-32(2,3)4)30-23-17-27(18-24-30)37-33(5,6)7/h8-24H,1-7H3. The quantitative estimate of drug-likeness (QED) is 0.209. The van der Waals surface area contributed by atoms with Gasteiger partial charge in [0.25, 0.3) is 0 Å². The second-order valence-electron chi connectivity index (χ2n) is 11.6. The molecule has 5 nitrogen and oxygen atoms in total. The summed E-state index contributed by atoms with van der Waals surface area (Å²) in [5.74, 6) is 1.38. The number of aryl methyl sites for hydroxylation is 1. The Hall–Kier alpha value is -3.26. The second kappa shape index (κ2) is 11.3. The number of hydrogen-bond acceptors (Lipinski definition) is 5. The van der Waals surface area contributed by atoms with Crippen LogP contribution in [0.1, 0.15) is 47.1 Å². The van der Waals surface area contributed by atoms with Crippen LogP contribution in [0.25, 0.3) is 0 Å². The highest BCUT2D eigenvalue weighted by molar-refractivity contribution is 8.33. The maximum Gasteiger partial charge on any atom is 0.307 e. The molecule has 0 heterocycles. The van der Waals surface area contributed by atoms with Crippen LogP contribution in [0.5, 0.6) is 11.5 Å². The van der Waals surface area contributed by atoms with E-state index in [1.165, 1.54) is 0 Å². The second-order valence-corrected chi connectivity index (χ2v) is 16.0. The topological polar surface area (TPSA) is 61.8 Å². The molecule has 4 aromatic rings. The zero-order chi connectivity index (χ0) is 29.2. The predicted molar refractivity (Wildman–Crippen MR) is 162 cm³/mol. The molecule has 0 bridgehead atoms. The molecule has 0 N–H and O–H groups in total. The molecular formula is C33H38O5S2. The highest BCUT2D eigenvalue weighted by atomic mass is 32.3. The van der Waals surface area contributed by atoms with Gasteiger partial charge in [-0.3, -0.25) is 0 Å². The lowest BCUT2D eigenvalue weighted by Crippen LogP contribution is -2.23. The molecule has 40 heavy (non-hydrogen) atoms. The Kier molecular flexibility index (Phi) is 8.41. The zero-order valence-corrected chi connectivity index (χ0v) is 25.8. The summed E-state index contributed by atoms with van der Waals surface area (Å²) in [6, 6.07) is 31.3. The van der Waals surface area contributed by atoms with Crippen LogP contribution in [0, 0.1) is 6.92 Å². The van der Waals surface area contributed by atoms with E-state index in [2.05, 4.69) is 0 Å². The first-order valence-corrected chi connectivity index (χ1v) is 16.1. The Bertz CT molecular complexity index is 1460. The van der Waals surface area contributed by atoms with Crippen molar-refractivity contribution >= 4 is 20.4 Å². The van der Waals surface area contributed by atoms with Crippen molar-refractivity contribution in [3.8, 4) is 11.5 Å². The lowest BCUT2D eigenvalue weighted by molar-refractivity contribution is 0.130. The molecule has 0 fully saturated rings. The van der Waals surface area contributed by atoms with E-state index < -0.39 is 20.4 Å². The third-order valence-corrected chi connectivity index (χ3v) is 10.9. The summed E-state index contributed by atoms with van der Waals surface area (Å²) in [4.78, 5) is 2.30. The molecule has 4 rings (SSSR count). The van der Waals surface area contributed by atoms with Crippen LogP contribution in [0.4, 0.5) is 0 Å². The van der Waals surface area contributed by atoms with E-state index in [4.69, 9.17) is 13.1 Å². The lowest BCUT2D eigenvalue weighted by Gasteiger charge is -2.39. The largest absolute Gasteiger partial charge is 0.488 e. The van der Waals surface area contributed by atoms with Crippen LogP contribution in [0.2, 0.25) is 0 Å². The van der Waals surface area contributed by atoms with Crippen LogP contribution in [0.15, 0.2) is 123 Å². The highest BCUT2D eigenvalue weighted by Crippen LogP contribution is 2.70. The van der Waals surface area contributed by atoms with E-state index in [0.717, 1.165) is 20.2 Å². The molecule has 0 aromatic heterocycles. The third-order valence-electron chi connectivity index (χ3n) is 5.74. The van der Waals surface area contributed by atoms with Gasteiger partial charge in [0.15, 0.2) is 0 Å². The highest BCUT2D eigenvalue weighted by Gasteiger charge is 2.38. The molecule has 0 saturated heterocycles. The van der Waals surface area contributed by atoms with Gasteiger partial charge in [0.1, 0.15) is 22.7 Å². The van der Waals surface area contributed by atoms with Crippen LogP contribution < -0.4 is 9.47 Å². The Labute approximate surface area is 240 Å². The lowest BCUT2D eigenvalue weighted by atomic mass is 10.2. The molecule has 0 unspecified atom stereocenters.